The normalized spacial score (nSPS) is 11.2. The Morgan fingerprint density at radius 2 is 2.00 bits per heavy atom. The summed E-state index contributed by atoms with van der Waals surface area (Å²) in [6.07, 6.45) is 8.03. The zero-order valence-corrected chi connectivity index (χ0v) is 18.2. The van der Waals surface area contributed by atoms with Gasteiger partial charge in [0.2, 0.25) is 0 Å². The van der Waals surface area contributed by atoms with E-state index in [0.717, 1.165) is 40.8 Å². The standard InChI is InChI=1S/C25H25N5O3/c1-2-29(14-15-31)21-9-7-20(8-10-21)28-24-25-26-12-13-30(25)22(17-27-24)19-5-3-4-18(16-19)6-11-23(32)33/h3-13,16-17,31H,2,14-15H2,1H3,(H,27,28)(H,32,33)/b11-6+. The molecule has 0 aliphatic heterocycles. The van der Waals surface area contributed by atoms with Crippen LogP contribution in [-0.4, -0.2) is 50.2 Å². The van der Waals surface area contributed by atoms with Crippen LogP contribution in [0.4, 0.5) is 17.2 Å². The van der Waals surface area contributed by atoms with Gasteiger partial charge >= 0.3 is 5.97 Å². The first-order chi connectivity index (χ1) is 16.1. The number of aliphatic hydroxyl groups excluding tert-OH is 1. The van der Waals surface area contributed by atoms with E-state index in [2.05, 4.69) is 27.1 Å². The summed E-state index contributed by atoms with van der Waals surface area (Å²) in [7, 11) is 0. The van der Waals surface area contributed by atoms with Crippen molar-refractivity contribution in [2.24, 2.45) is 0 Å². The van der Waals surface area contributed by atoms with Gasteiger partial charge in [0.25, 0.3) is 0 Å². The highest BCUT2D eigenvalue weighted by Gasteiger charge is 2.11. The number of likely N-dealkylation sites (N-methyl/N-ethyl adjacent to an activating group) is 1. The lowest BCUT2D eigenvalue weighted by Crippen LogP contribution is -2.25. The molecule has 0 radical (unpaired) electrons. The number of aliphatic carboxylic acids is 1. The maximum atomic E-state index is 10.8. The number of hydrogen-bond donors (Lipinski definition) is 3. The molecule has 2 heterocycles. The van der Waals surface area contributed by atoms with Crippen LogP contribution in [0.2, 0.25) is 0 Å². The Morgan fingerprint density at radius 3 is 2.73 bits per heavy atom. The zero-order valence-electron chi connectivity index (χ0n) is 18.2. The van der Waals surface area contributed by atoms with Crippen molar-refractivity contribution in [2.45, 2.75) is 6.92 Å². The van der Waals surface area contributed by atoms with Crippen molar-refractivity contribution in [3.63, 3.8) is 0 Å². The number of carboxylic acids is 1. The van der Waals surface area contributed by atoms with Gasteiger partial charge in [-0.25, -0.2) is 14.8 Å². The number of fused-ring (bicyclic) bond motifs is 1. The number of benzene rings is 2. The topological polar surface area (TPSA) is 103 Å². The smallest absolute Gasteiger partial charge is 0.328 e. The van der Waals surface area contributed by atoms with Gasteiger partial charge in [-0.15, -0.1) is 0 Å². The second kappa shape index (κ2) is 9.97. The largest absolute Gasteiger partial charge is 0.478 e. The van der Waals surface area contributed by atoms with E-state index in [0.29, 0.717) is 18.0 Å². The van der Waals surface area contributed by atoms with E-state index in [9.17, 15) is 9.90 Å². The van der Waals surface area contributed by atoms with Crippen LogP contribution in [0.1, 0.15) is 12.5 Å². The summed E-state index contributed by atoms with van der Waals surface area (Å²) in [4.78, 5) is 22.0. The van der Waals surface area contributed by atoms with Crippen LogP contribution in [0.5, 0.6) is 0 Å². The lowest BCUT2D eigenvalue weighted by atomic mass is 10.1. The molecule has 0 bridgehead atoms. The molecule has 0 unspecified atom stereocenters. The molecule has 33 heavy (non-hydrogen) atoms. The summed E-state index contributed by atoms with van der Waals surface area (Å²) in [5.41, 5.74) is 5.13. The molecule has 0 aliphatic carbocycles. The quantitative estimate of drug-likeness (QED) is 0.335. The van der Waals surface area contributed by atoms with Gasteiger partial charge in [0.15, 0.2) is 11.5 Å². The first-order valence-corrected chi connectivity index (χ1v) is 10.7. The van der Waals surface area contributed by atoms with Gasteiger partial charge in [-0.05, 0) is 48.9 Å². The number of carbonyl (C=O) groups is 1. The van der Waals surface area contributed by atoms with Crippen LogP contribution >= 0.6 is 0 Å². The summed E-state index contributed by atoms with van der Waals surface area (Å²) in [5.74, 6) is -0.362. The average molecular weight is 444 g/mol. The predicted molar refractivity (Wildman–Crippen MR) is 130 cm³/mol. The lowest BCUT2D eigenvalue weighted by molar-refractivity contribution is -0.131. The molecule has 8 nitrogen and oxygen atoms in total. The third-order valence-electron chi connectivity index (χ3n) is 5.28. The Kier molecular flexibility index (Phi) is 6.66. The second-order valence-corrected chi connectivity index (χ2v) is 7.39. The summed E-state index contributed by atoms with van der Waals surface area (Å²) in [6.45, 7) is 3.58. The van der Waals surface area contributed by atoms with Crippen LogP contribution in [0.15, 0.2) is 73.2 Å². The molecule has 0 spiro atoms. The van der Waals surface area contributed by atoms with Crippen LogP contribution in [0.25, 0.3) is 23.0 Å². The molecule has 0 amide bonds. The number of nitrogens with zero attached hydrogens (tertiary/aromatic N) is 4. The molecular weight excluding hydrogens is 418 g/mol. The van der Waals surface area contributed by atoms with Crippen molar-refractivity contribution in [1.82, 2.24) is 14.4 Å². The molecular formula is C25H25N5O3. The van der Waals surface area contributed by atoms with Crippen molar-refractivity contribution in [3.05, 3.63) is 78.8 Å². The molecule has 0 saturated carbocycles. The van der Waals surface area contributed by atoms with E-state index >= 15 is 0 Å². The number of imidazole rings is 1. The van der Waals surface area contributed by atoms with E-state index < -0.39 is 5.97 Å². The number of anilines is 3. The first kappa shape index (κ1) is 22.0. The van der Waals surface area contributed by atoms with E-state index in [1.54, 1.807) is 18.5 Å². The minimum absolute atomic E-state index is 0.112. The number of rotatable bonds is 9. The number of aromatic nitrogens is 3. The minimum atomic E-state index is -0.988. The molecule has 8 heteroatoms. The number of aliphatic hydroxyl groups is 1. The molecule has 2 aromatic heterocycles. The van der Waals surface area contributed by atoms with Crippen LogP contribution < -0.4 is 10.2 Å². The van der Waals surface area contributed by atoms with Gasteiger partial charge < -0.3 is 20.4 Å². The van der Waals surface area contributed by atoms with Crippen LogP contribution in [0.3, 0.4) is 0 Å². The van der Waals surface area contributed by atoms with E-state index in [1.165, 1.54) is 0 Å². The third kappa shape index (κ3) is 5.02. The van der Waals surface area contributed by atoms with E-state index in [4.69, 9.17) is 5.11 Å². The fraction of sp³-hybridized carbons (Fsp3) is 0.160. The summed E-state index contributed by atoms with van der Waals surface area (Å²) in [6, 6.07) is 15.6. The summed E-state index contributed by atoms with van der Waals surface area (Å²) < 4.78 is 1.95. The lowest BCUT2D eigenvalue weighted by Gasteiger charge is -2.22. The molecule has 4 rings (SSSR count). The van der Waals surface area contributed by atoms with Crippen LogP contribution in [-0.2, 0) is 4.79 Å². The maximum absolute atomic E-state index is 10.8. The highest BCUT2D eigenvalue weighted by molar-refractivity contribution is 5.85. The van der Waals surface area contributed by atoms with Gasteiger partial charge in [-0.3, -0.25) is 4.40 Å². The van der Waals surface area contributed by atoms with Crippen molar-refractivity contribution in [1.29, 1.82) is 0 Å². The Hall–Kier alpha value is -4.17. The third-order valence-corrected chi connectivity index (χ3v) is 5.28. The van der Waals surface area contributed by atoms with Crippen molar-refractivity contribution >= 4 is 34.9 Å². The molecule has 0 aliphatic rings. The Bertz CT molecular complexity index is 1280. The average Bonchev–Trinajstić information content (AvgIpc) is 3.33. The monoisotopic (exact) mass is 443 g/mol. The minimum Gasteiger partial charge on any atom is -0.478 e. The molecule has 2 aromatic carbocycles. The molecule has 168 valence electrons. The fourth-order valence-electron chi connectivity index (χ4n) is 3.67. The van der Waals surface area contributed by atoms with E-state index in [1.807, 2.05) is 59.1 Å². The molecule has 3 N–H and O–H groups in total. The van der Waals surface area contributed by atoms with Crippen LogP contribution in [0, 0.1) is 0 Å². The van der Waals surface area contributed by atoms with E-state index in [-0.39, 0.29) is 6.61 Å². The molecule has 0 saturated heterocycles. The number of carboxylic acid groups (broad SMARTS) is 1. The maximum Gasteiger partial charge on any atom is 0.328 e. The Labute approximate surface area is 191 Å². The summed E-state index contributed by atoms with van der Waals surface area (Å²) in [5, 5.41) is 21.4. The zero-order chi connectivity index (χ0) is 23.2. The Balaban J connectivity index is 1.61. The van der Waals surface area contributed by atoms with Gasteiger partial charge in [0.1, 0.15) is 0 Å². The molecule has 0 fully saturated rings. The highest BCUT2D eigenvalue weighted by atomic mass is 16.4. The van der Waals surface area contributed by atoms with Gasteiger partial charge in [0.05, 0.1) is 18.5 Å². The predicted octanol–water partition coefficient (Wildman–Crippen LogP) is 4.06. The first-order valence-electron chi connectivity index (χ1n) is 10.7. The summed E-state index contributed by atoms with van der Waals surface area (Å²) >= 11 is 0. The number of nitrogens with one attached hydrogen (secondary N) is 1. The van der Waals surface area contributed by atoms with Gasteiger partial charge in [-0.1, -0.05) is 18.2 Å². The molecule has 0 atom stereocenters. The molecule has 4 aromatic rings. The van der Waals surface area contributed by atoms with Gasteiger partial charge in [-0.2, -0.15) is 0 Å². The second-order valence-electron chi connectivity index (χ2n) is 7.39. The fourth-order valence-corrected chi connectivity index (χ4v) is 3.67. The van der Waals surface area contributed by atoms with Crippen molar-refractivity contribution in [3.8, 4) is 11.3 Å². The van der Waals surface area contributed by atoms with Crippen molar-refractivity contribution < 1.29 is 15.0 Å². The highest BCUT2D eigenvalue weighted by Crippen LogP contribution is 2.27. The number of hydrogen-bond acceptors (Lipinski definition) is 6. The van der Waals surface area contributed by atoms with Gasteiger partial charge in [0, 0.05) is 48.5 Å². The SMILES string of the molecule is CCN(CCO)c1ccc(Nc2ncc(-c3cccc(/C=C/C(=O)O)c3)n3ccnc23)cc1. The Morgan fingerprint density at radius 1 is 1.18 bits per heavy atom. The van der Waals surface area contributed by atoms with Crippen molar-refractivity contribution in [2.75, 3.05) is 29.9 Å².